The summed E-state index contributed by atoms with van der Waals surface area (Å²) < 4.78 is 11.2. The average Bonchev–Trinajstić information content (AvgIpc) is 3.33. The minimum atomic E-state index is -0.253. The molecule has 5 heteroatoms. The summed E-state index contributed by atoms with van der Waals surface area (Å²) in [5, 5.41) is 0.967. The van der Waals surface area contributed by atoms with E-state index in [2.05, 4.69) is 0 Å². The Morgan fingerprint density at radius 1 is 1.07 bits per heavy atom. The fraction of sp³-hybridized carbons (Fsp3) is 0.273. The first kappa shape index (κ1) is 16.1. The number of anilines is 1. The molecule has 0 N–H and O–H groups in total. The van der Waals surface area contributed by atoms with Crippen molar-refractivity contribution in [1.29, 1.82) is 0 Å². The second-order valence-corrected chi connectivity index (χ2v) is 7.07. The van der Waals surface area contributed by atoms with E-state index in [1.807, 2.05) is 36.4 Å². The Bertz CT molecular complexity index is 1110. The number of benzene rings is 2. The van der Waals surface area contributed by atoms with Gasteiger partial charge in [0.15, 0.2) is 6.61 Å². The van der Waals surface area contributed by atoms with E-state index in [0.717, 1.165) is 47.9 Å². The topological polar surface area (TPSA) is 59.8 Å². The molecule has 1 aliphatic heterocycles. The van der Waals surface area contributed by atoms with Crippen LogP contribution in [0.2, 0.25) is 0 Å². The Labute approximate surface area is 156 Å². The summed E-state index contributed by atoms with van der Waals surface area (Å²) in [4.78, 5) is 26.5. The molecule has 5 rings (SSSR count). The number of ether oxygens (including phenoxy) is 1. The molecular formula is C22H19NO4. The SMILES string of the molecule is O=C(COc1ccc2c3c(c(=O)oc2c1)CCC3)N1CCc2ccccc21. The van der Waals surface area contributed by atoms with Crippen molar-refractivity contribution < 1.29 is 13.9 Å². The van der Waals surface area contributed by atoms with Crippen LogP contribution in [0.25, 0.3) is 11.0 Å². The average molecular weight is 361 g/mol. The molecule has 0 radical (unpaired) electrons. The van der Waals surface area contributed by atoms with Crippen molar-refractivity contribution in [2.24, 2.45) is 0 Å². The Balaban J connectivity index is 1.36. The van der Waals surface area contributed by atoms with E-state index in [9.17, 15) is 9.59 Å². The van der Waals surface area contributed by atoms with Gasteiger partial charge < -0.3 is 14.1 Å². The predicted octanol–water partition coefficient (Wildman–Crippen LogP) is 3.25. The molecule has 136 valence electrons. The number of nitrogens with zero attached hydrogens (tertiary/aromatic N) is 1. The van der Waals surface area contributed by atoms with E-state index >= 15 is 0 Å². The van der Waals surface area contributed by atoms with Crippen molar-refractivity contribution in [1.82, 2.24) is 0 Å². The minimum Gasteiger partial charge on any atom is -0.484 e. The molecule has 0 unspecified atom stereocenters. The molecule has 2 heterocycles. The van der Waals surface area contributed by atoms with E-state index in [-0.39, 0.29) is 18.1 Å². The van der Waals surface area contributed by atoms with Gasteiger partial charge in [-0.1, -0.05) is 18.2 Å². The van der Waals surface area contributed by atoms with Gasteiger partial charge in [0, 0.05) is 29.2 Å². The van der Waals surface area contributed by atoms with Gasteiger partial charge in [-0.05, 0) is 55.0 Å². The first-order valence-corrected chi connectivity index (χ1v) is 9.30. The third-order valence-corrected chi connectivity index (χ3v) is 5.50. The zero-order valence-electron chi connectivity index (χ0n) is 14.9. The van der Waals surface area contributed by atoms with Crippen molar-refractivity contribution in [3.63, 3.8) is 0 Å². The van der Waals surface area contributed by atoms with Crippen LogP contribution in [0.5, 0.6) is 5.75 Å². The van der Waals surface area contributed by atoms with Gasteiger partial charge in [0.2, 0.25) is 0 Å². The van der Waals surface area contributed by atoms with Crippen LogP contribution < -0.4 is 15.3 Å². The van der Waals surface area contributed by atoms with Gasteiger partial charge in [-0.2, -0.15) is 0 Å². The number of rotatable bonds is 3. The first-order chi connectivity index (χ1) is 13.2. The maximum absolute atomic E-state index is 12.6. The van der Waals surface area contributed by atoms with Gasteiger partial charge in [-0.25, -0.2) is 4.79 Å². The van der Waals surface area contributed by atoms with E-state index in [1.165, 1.54) is 5.56 Å². The number of fused-ring (bicyclic) bond motifs is 4. The van der Waals surface area contributed by atoms with Crippen LogP contribution in [0.15, 0.2) is 51.7 Å². The molecule has 1 aromatic heterocycles. The lowest BCUT2D eigenvalue weighted by molar-refractivity contribution is -0.120. The van der Waals surface area contributed by atoms with Gasteiger partial charge in [0.1, 0.15) is 11.3 Å². The number of hydrogen-bond donors (Lipinski definition) is 0. The number of carbonyl (C=O) groups excluding carboxylic acids is 1. The fourth-order valence-corrected chi connectivity index (χ4v) is 4.17. The van der Waals surface area contributed by atoms with E-state index in [4.69, 9.17) is 9.15 Å². The minimum absolute atomic E-state index is 0.0466. The lowest BCUT2D eigenvalue weighted by Crippen LogP contribution is -2.33. The standard InChI is InChI=1S/C22H19NO4/c24-21(23-11-10-14-4-1-2-7-19(14)23)13-26-15-8-9-17-16-5-3-6-18(16)22(25)27-20(17)12-15/h1-2,4,7-9,12H,3,5-6,10-11,13H2. The number of amides is 1. The van der Waals surface area contributed by atoms with Crippen LogP contribution in [0.1, 0.15) is 23.1 Å². The molecule has 2 aliphatic rings. The van der Waals surface area contributed by atoms with E-state index < -0.39 is 0 Å². The quantitative estimate of drug-likeness (QED) is 0.672. The van der Waals surface area contributed by atoms with E-state index in [1.54, 1.807) is 11.0 Å². The van der Waals surface area contributed by atoms with Crippen molar-refractivity contribution in [2.75, 3.05) is 18.1 Å². The van der Waals surface area contributed by atoms with Crippen molar-refractivity contribution in [3.05, 3.63) is 69.6 Å². The summed E-state index contributed by atoms with van der Waals surface area (Å²) in [6.45, 7) is 0.634. The van der Waals surface area contributed by atoms with Crippen LogP contribution in [0.3, 0.4) is 0 Å². The molecule has 2 aromatic carbocycles. The largest absolute Gasteiger partial charge is 0.484 e. The number of hydrogen-bond acceptors (Lipinski definition) is 4. The van der Waals surface area contributed by atoms with E-state index in [0.29, 0.717) is 17.9 Å². The van der Waals surface area contributed by atoms with Crippen LogP contribution in [0, 0.1) is 0 Å². The third kappa shape index (κ3) is 2.70. The normalized spacial score (nSPS) is 15.0. The summed E-state index contributed by atoms with van der Waals surface area (Å²) in [5.41, 5.74) is 4.32. The maximum atomic E-state index is 12.6. The Morgan fingerprint density at radius 3 is 2.85 bits per heavy atom. The third-order valence-electron chi connectivity index (χ3n) is 5.50. The zero-order valence-corrected chi connectivity index (χ0v) is 14.9. The molecule has 0 atom stereocenters. The second-order valence-electron chi connectivity index (χ2n) is 7.07. The highest BCUT2D eigenvalue weighted by Gasteiger charge is 2.24. The van der Waals surface area contributed by atoms with Crippen LogP contribution in [0.4, 0.5) is 5.69 Å². The lowest BCUT2D eigenvalue weighted by Gasteiger charge is -2.17. The van der Waals surface area contributed by atoms with Gasteiger partial charge in [-0.15, -0.1) is 0 Å². The Kier molecular flexibility index (Phi) is 3.74. The van der Waals surface area contributed by atoms with Crippen LogP contribution in [-0.2, 0) is 24.1 Å². The van der Waals surface area contributed by atoms with Gasteiger partial charge >= 0.3 is 5.63 Å². The molecule has 0 spiro atoms. The molecular weight excluding hydrogens is 342 g/mol. The highest BCUT2D eigenvalue weighted by Crippen LogP contribution is 2.30. The van der Waals surface area contributed by atoms with Gasteiger partial charge in [-0.3, -0.25) is 4.79 Å². The smallest absolute Gasteiger partial charge is 0.339 e. The first-order valence-electron chi connectivity index (χ1n) is 9.30. The van der Waals surface area contributed by atoms with Crippen molar-refractivity contribution in [2.45, 2.75) is 25.7 Å². The molecule has 3 aromatic rings. The summed E-state index contributed by atoms with van der Waals surface area (Å²) in [5.74, 6) is 0.458. The molecule has 0 fully saturated rings. The zero-order chi connectivity index (χ0) is 18.4. The highest BCUT2D eigenvalue weighted by molar-refractivity contribution is 5.96. The Hall–Kier alpha value is -3.08. The van der Waals surface area contributed by atoms with Crippen LogP contribution in [-0.4, -0.2) is 19.1 Å². The maximum Gasteiger partial charge on any atom is 0.339 e. The highest BCUT2D eigenvalue weighted by atomic mass is 16.5. The summed E-state index contributed by atoms with van der Waals surface area (Å²) >= 11 is 0. The van der Waals surface area contributed by atoms with Crippen molar-refractivity contribution in [3.8, 4) is 5.75 Å². The summed E-state index contributed by atoms with van der Waals surface area (Å²) in [6.07, 6.45) is 3.56. The molecule has 1 aliphatic carbocycles. The summed E-state index contributed by atoms with van der Waals surface area (Å²) in [7, 11) is 0. The lowest BCUT2D eigenvalue weighted by atomic mass is 10.1. The number of aryl methyl sites for hydroxylation is 1. The predicted molar refractivity (Wildman–Crippen MR) is 103 cm³/mol. The van der Waals surface area contributed by atoms with Gasteiger partial charge in [0.05, 0.1) is 0 Å². The molecule has 0 saturated carbocycles. The molecule has 0 saturated heterocycles. The molecule has 5 nitrogen and oxygen atoms in total. The van der Waals surface area contributed by atoms with Crippen LogP contribution >= 0.6 is 0 Å². The second kappa shape index (κ2) is 6.27. The number of carbonyl (C=O) groups is 1. The molecule has 27 heavy (non-hydrogen) atoms. The number of para-hydroxylation sites is 1. The molecule has 1 amide bonds. The summed E-state index contributed by atoms with van der Waals surface area (Å²) in [6, 6.07) is 13.4. The molecule has 0 bridgehead atoms. The van der Waals surface area contributed by atoms with Crippen molar-refractivity contribution >= 4 is 22.6 Å². The monoisotopic (exact) mass is 361 g/mol. The Morgan fingerprint density at radius 2 is 1.93 bits per heavy atom. The fourth-order valence-electron chi connectivity index (χ4n) is 4.17. The van der Waals surface area contributed by atoms with Gasteiger partial charge in [0.25, 0.3) is 5.91 Å².